The summed E-state index contributed by atoms with van der Waals surface area (Å²) in [6.45, 7) is 4.86. The van der Waals surface area contributed by atoms with E-state index in [0.717, 1.165) is 31.9 Å². The van der Waals surface area contributed by atoms with E-state index in [1.165, 1.54) is 10.6 Å². The first-order chi connectivity index (χ1) is 9.50. The molecule has 20 heavy (non-hydrogen) atoms. The molecule has 1 aromatic heterocycles. The fraction of sp³-hybridized carbons (Fsp3) is 0.750. The summed E-state index contributed by atoms with van der Waals surface area (Å²) in [6.07, 6.45) is 4.93. The van der Waals surface area contributed by atoms with Crippen LogP contribution in [0, 0.1) is 0 Å². The molecule has 0 atom stereocenters. The van der Waals surface area contributed by atoms with Crippen LogP contribution in [-0.2, 0) is 27.8 Å². The second kappa shape index (κ2) is 6.66. The van der Waals surface area contributed by atoms with Gasteiger partial charge in [0.1, 0.15) is 0 Å². The molecule has 2 rings (SSSR count). The van der Waals surface area contributed by atoms with Gasteiger partial charge in [0, 0.05) is 52.6 Å². The predicted molar refractivity (Wildman–Crippen MR) is 75.8 cm³/mol. The maximum Gasteiger partial charge on any atom is 0.211 e. The SMILES string of the molecule is COCCn1cncc1CN1CCN(S(C)(=O)=O)CC1. The lowest BCUT2D eigenvalue weighted by atomic mass is 10.3. The molecular weight excluding hydrogens is 280 g/mol. The fourth-order valence-electron chi connectivity index (χ4n) is 2.32. The molecule has 0 unspecified atom stereocenters. The van der Waals surface area contributed by atoms with E-state index in [9.17, 15) is 8.42 Å². The minimum absolute atomic E-state index is 0.561. The molecule has 0 saturated carbocycles. The molecule has 1 aliphatic heterocycles. The Morgan fingerprint density at radius 1 is 1.30 bits per heavy atom. The molecule has 0 radical (unpaired) electrons. The maximum atomic E-state index is 11.5. The lowest BCUT2D eigenvalue weighted by Crippen LogP contribution is -2.48. The van der Waals surface area contributed by atoms with Gasteiger partial charge in [-0.05, 0) is 0 Å². The van der Waals surface area contributed by atoms with Gasteiger partial charge in [0.15, 0.2) is 0 Å². The first-order valence-electron chi connectivity index (χ1n) is 6.66. The van der Waals surface area contributed by atoms with Crippen LogP contribution in [0.1, 0.15) is 5.69 Å². The molecule has 0 aliphatic carbocycles. The molecule has 0 bridgehead atoms. The molecule has 1 aliphatic rings. The minimum atomic E-state index is -3.06. The molecule has 2 heterocycles. The topological polar surface area (TPSA) is 67.7 Å². The van der Waals surface area contributed by atoms with E-state index in [0.29, 0.717) is 19.7 Å². The van der Waals surface area contributed by atoms with Gasteiger partial charge in [-0.25, -0.2) is 13.4 Å². The standard InChI is InChI=1S/C12H22N4O3S/c1-19-8-7-15-11-13-9-12(15)10-14-3-5-16(6-4-14)20(2,17)18/h9,11H,3-8,10H2,1-2H3. The molecule has 0 aromatic carbocycles. The third-order valence-corrected chi connectivity index (χ3v) is 4.82. The molecule has 7 nitrogen and oxygen atoms in total. The van der Waals surface area contributed by atoms with Gasteiger partial charge in [0.25, 0.3) is 0 Å². The van der Waals surface area contributed by atoms with E-state index in [4.69, 9.17) is 4.74 Å². The zero-order chi connectivity index (χ0) is 14.6. The Balaban J connectivity index is 1.88. The molecule has 1 saturated heterocycles. The summed E-state index contributed by atoms with van der Waals surface area (Å²) in [5, 5.41) is 0. The third-order valence-electron chi connectivity index (χ3n) is 3.52. The summed E-state index contributed by atoms with van der Waals surface area (Å²) in [4.78, 5) is 6.42. The van der Waals surface area contributed by atoms with Gasteiger partial charge >= 0.3 is 0 Å². The van der Waals surface area contributed by atoms with E-state index in [1.807, 2.05) is 6.20 Å². The highest BCUT2D eigenvalue weighted by molar-refractivity contribution is 7.88. The average Bonchev–Trinajstić information content (AvgIpc) is 2.83. The van der Waals surface area contributed by atoms with Gasteiger partial charge in [-0.2, -0.15) is 4.31 Å². The Hall–Kier alpha value is -0.960. The maximum absolute atomic E-state index is 11.5. The zero-order valence-corrected chi connectivity index (χ0v) is 12.8. The lowest BCUT2D eigenvalue weighted by Gasteiger charge is -2.33. The van der Waals surface area contributed by atoms with Crippen LogP contribution in [0.25, 0.3) is 0 Å². The Labute approximate surface area is 120 Å². The summed E-state index contributed by atoms with van der Waals surface area (Å²) < 4.78 is 31.6. The van der Waals surface area contributed by atoms with Crippen molar-refractivity contribution < 1.29 is 13.2 Å². The monoisotopic (exact) mass is 302 g/mol. The fourth-order valence-corrected chi connectivity index (χ4v) is 3.15. The van der Waals surface area contributed by atoms with Gasteiger partial charge < -0.3 is 9.30 Å². The first kappa shape index (κ1) is 15.4. The van der Waals surface area contributed by atoms with Crippen LogP contribution in [-0.4, -0.2) is 73.3 Å². The van der Waals surface area contributed by atoms with Gasteiger partial charge in [0.05, 0.1) is 24.9 Å². The van der Waals surface area contributed by atoms with E-state index in [1.54, 1.807) is 13.4 Å². The van der Waals surface area contributed by atoms with Crippen molar-refractivity contribution in [3.8, 4) is 0 Å². The van der Waals surface area contributed by atoms with Gasteiger partial charge in [-0.15, -0.1) is 0 Å². The van der Waals surface area contributed by atoms with Crippen molar-refractivity contribution in [3.05, 3.63) is 18.2 Å². The van der Waals surface area contributed by atoms with Gasteiger partial charge in [-0.3, -0.25) is 4.90 Å². The van der Waals surface area contributed by atoms with Crippen LogP contribution < -0.4 is 0 Å². The van der Waals surface area contributed by atoms with Crippen LogP contribution in [0.4, 0.5) is 0 Å². The predicted octanol–water partition coefficient (Wildman–Crippen LogP) is -0.393. The van der Waals surface area contributed by atoms with Crippen LogP contribution in [0.2, 0.25) is 0 Å². The minimum Gasteiger partial charge on any atom is -0.383 e. The van der Waals surface area contributed by atoms with Crippen molar-refractivity contribution in [2.75, 3.05) is 46.2 Å². The molecule has 0 N–H and O–H groups in total. The second-order valence-electron chi connectivity index (χ2n) is 5.01. The van der Waals surface area contributed by atoms with E-state index in [-0.39, 0.29) is 0 Å². The molecule has 1 fully saturated rings. The van der Waals surface area contributed by atoms with Gasteiger partial charge in [0.2, 0.25) is 10.0 Å². The number of imidazole rings is 1. The number of sulfonamides is 1. The Bertz CT molecular complexity index is 521. The smallest absolute Gasteiger partial charge is 0.211 e. The molecule has 8 heteroatoms. The Morgan fingerprint density at radius 3 is 2.60 bits per heavy atom. The highest BCUT2D eigenvalue weighted by Crippen LogP contribution is 2.10. The van der Waals surface area contributed by atoms with Crippen molar-refractivity contribution in [3.63, 3.8) is 0 Å². The number of nitrogens with zero attached hydrogens (tertiary/aromatic N) is 4. The summed E-state index contributed by atoms with van der Waals surface area (Å²) in [5.41, 5.74) is 1.13. The lowest BCUT2D eigenvalue weighted by molar-refractivity contribution is 0.170. The van der Waals surface area contributed by atoms with Crippen molar-refractivity contribution in [2.24, 2.45) is 0 Å². The van der Waals surface area contributed by atoms with Crippen molar-refractivity contribution in [1.29, 1.82) is 0 Å². The molecule has 114 valence electrons. The third kappa shape index (κ3) is 4.02. The number of rotatable bonds is 6. The largest absolute Gasteiger partial charge is 0.383 e. The second-order valence-corrected chi connectivity index (χ2v) is 6.99. The molecule has 0 amide bonds. The molecule has 0 spiro atoms. The van der Waals surface area contributed by atoms with E-state index >= 15 is 0 Å². The summed E-state index contributed by atoms with van der Waals surface area (Å²) >= 11 is 0. The van der Waals surface area contributed by atoms with Crippen molar-refractivity contribution in [2.45, 2.75) is 13.1 Å². The number of hydrogen-bond donors (Lipinski definition) is 0. The average molecular weight is 302 g/mol. The number of piperazine rings is 1. The van der Waals surface area contributed by atoms with E-state index < -0.39 is 10.0 Å². The molecular formula is C12H22N4O3S. The molecule has 1 aromatic rings. The quantitative estimate of drug-likeness (QED) is 0.716. The highest BCUT2D eigenvalue weighted by atomic mass is 32.2. The highest BCUT2D eigenvalue weighted by Gasteiger charge is 2.23. The van der Waals surface area contributed by atoms with Crippen molar-refractivity contribution in [1.82, 2.24) is 18.8 Å². The summed E-state index contributed by atoms with van der Waals surface area (Å²) in [5.74, 6) is 0. The first-order valence-corrected chi connectivity index (χ1v) is 8.51. The van der Waals surface area contributed by atoms with Crippen LogP contribution in [0.5, 0.6) is 0 Å². The number of hydrogen-bond acceptors (Lipinski definition) is 5. The Morgan fingerprint density at radius 2 is 2.00 bits per heavy atom. The normalized spacial score (nSPS) is 18.5. The van der Waals surface area contributed by atoms with E-state index in [2.05, 4.69) is 14.5 Å². The number of methoxy groups -OCH3 is 1. The number of ether oxygens (including phenoxy) is 1. The summed E-state index contributed by atoms with van der Waals surface area (Å²) in [7, 11) is -1.38. The number of aromatic nitrogens is 2. The summed E-state index contributed by atoms with van der Waals surface area (Å²) in [6, 6.07) is 0. The Kier molecular flexibility index (Phi) is 5.14. The van der Waals surface area contributed by atoms with Crippen LogP contribution in [0.3, 0.4) is 0 Å². The van der Waals surface area contributed by atoms with Gasteiger partial charge in [-0.1, -0.05) is 0 Å². The van der Waals surface area contributed by atoms with Crippen LogP contribution >= 0.6 is 0 Å². The zero-order valence-electron chi connectivity index (χ0n) is 12.0. The van der Waals surface area contributed by atoms with Crippen LogP contribution in [0.15, 0.2) is 12.5 Å². The van der Waals surface area contributed by atoms with Crippen molar-refractivity contribution >= 4 is 10.0 Å².